The lowest BCUT2D eigenvalue weighted by Gasteiger charge is -2.38. The molecule has 2 aliphatic carbocycles. The topological polar surface area (TPSA) is 9.23 Å². The standard InChI is InChI=1S/C34H45F5O/c1-2-3-4-5-6-7-8-9-10-23-11-13-24(14-12-23)25-15-17-26(18-16-25)32-28(35)19-20-31(34(32)39)40-27-21-29(36)33(38)30(37)22-27/h19-26H,2-18H2,1H3. The zero-order valence-electron chi connectivity index (χ0n) is 23.9. The molecule has 0 amide bonds. The van der Waals surface area contributed by atoms with Crippen LogP contribution in [0.2, 0.25) is 0 Å². The third kappa shape index (κ3) is 8.22. The van der Waals surface area contributed by atoms with Crippen LogP contribution in [-0.2, 0) is 0 Å². The van der Waals surface area contributed by atoms with Crippen molar-refractivity contribution in [3.63, 3.8) is 0 Å². The highest BCUT2D eigenvalue weighted by Gasteiger charge is 2.33. The molecular formula is C34H45F5O. The van der Waals surface area contributed by atoms with Crippen molar-refractivity contribution in [1.82, 2.24) is 0 Å². The molecule has 2 saturated carbocycles. The Kier molecular flexibility index (Phi) is 11.7. The average molecular weight is 565 g/mol. The average Bonchev–Trinajstić information content (AvgIpc) is 2.95. The van der Waals surface area contributed by atoms with Crippen molar-refractivity contribution in [1.29, 1.82) is 0 Å². The lowest BCUT2D eigenvalue weighted by molar-refractivity contribution is 0.154. The molecule has 2 fully saturated rings. The fourth-order valence-electron chi connectivity index (χ4n) is 7.12. The highest BCUT2D eigenvalue weighted by molar-refractivity contribution is 5.38. The van der Waals surface area contributed by atoms with Gasteiger partial charge in [-0.15, -0.1) is 0 Å². The maximum absolute atomic E-state index is 15.4. The van der Waals surface area contributed by atoms with E-state index in [1.165, 1.54) is 83.5 Å². The minimum Gasteiger partial charge on any atom is -0.454 e. The number of hydrogen-bond donors (Lipinski definition) is 0. The van der Waals surface area contributed by atoms with Gasteiger partial charge in [0, 0.05) is 17.7 Å². The van der Waals surface area contributed by atoms with E-state index in [1.807, 2.05) is 0 Å². The number of benzene rings is 2. The first kappa shape index (κ1) is 30.8. The van der Waals surface area contributed by atoms with Crippen LogP contribution in [0.25, 0.3) is 0 Å². The van der Waals surface area contributed by atoms with Gasteiger partial charge in [-0.1, -0.05) is 77.6 Å². The van der Waals surface area contributed by atoms with E-state index >= 15 is 4.39 Å². The van der Waals surface area contributed by atoms with Crippen LogP contribution in [0.4, 0.5) is 22.0 Å². The molecule has 0 saturated heterocycles. The molecule has 0 atom stereocenters. The van der Waals surface area contributed by atoms with Gasteiger partial charge in [0.1, 0.15) is 11.6 Å². The zero-order chi connectivity index (χ0) is 28.5. The summed E-state index contributed by atoms with van der Waals surface area (Å²) in [6.07, 6.45) is 20.8. The maximum atomic E-state index is 15.4. The summed E-state index contributed by atoms with van der Waals surface area (Å²) in [4.78, 5) is 0. The summed E-state index contributed by atoms with van der Waals surface area (Å²) in [5.74, 6) is -4.76. The summed E-state index contributed by atoms with van der Waals surface area (Å²) in [5.41, 5.74) is -0.0203. The third-order valence-electron chi connectivity index (χ3n) is 9.48. The van der Waals surface area contributed by atoms with Crippen LogP contribution < -0.4 is 4.74 Å². The molecular weight excluding hydrogens is 519 g/mol. The Bertz CT molecular complexity index is 1050. The Hall–Kier alpha value is -2.11. The van der Waals surface area contributed by atoms with E-state index in [4.69, 9.17) is 4.74 Å². The van der Waals surface area contributed by atoms with E-state index < -0.39 is 29.1 Å². The van der Waals surface area contributed by atoms with Gasteiger partial charge in [-0.25, -0.2) is 22.0 Å². The van der Waals surface area contributed by atoms with E-state index in [9.17, 15) is 17.6 Å². The van der Waals surface area contributed by atoms with Gasteiger partial charge in [-0.2, -0.15) is 0 Å². The molecule has 2 aliphatic rings. The second-order valence-corrected chi connectivity index (χ2v) is 12.2. The molecule has 0 bridgehead atoms. The lowest BCUT2D eigenvalue weighted by atomic mass is 9.68. The second-order valence-electron chi connectivity index (χ2n) is 12.2. The number of unbranched alkanes of at least 4 members (excludes halogenated alkanes) is 7. The van der Waals surface area contributed by atoms with Crippen LogP contribution in [0.1, 0.15) is 128 Å². The normalized spacial score (nSPS) is 23.4. The monoisotopic (exact) mass is 564 g/mol. The van der Waals surface area contributed by atoms with Crippen molar-refractivity contribution in [2.75, 3.05) is 0 Å². The van der Waals surface area contributed by atoms with E-state index in [0.717, 1.165) is 30.9 Å². The SMILES string of the molecule is CCCCCCCCCCC1CCC(C2CCC(c3c(F)ccc(Oc4cc(F)c(F)c(F)c4)c3F)CC2)CC1. The van der Waals surface area contributed by atoms with E-state index in [0.29, 0.717) is 36.8 Å². The summed E-state index contributed by atoms with van der Waals surface area (Å²) < 4.78 is 75.9. The Morgan fingerprint density at radius 3 is 1.77 bits per heavy atom. The van der Waals surface area contributed by atoms with Crippen molar-refractivity contribution in [2.24, 2.45) is 17.8 Å². The molecule has 2 aromatic rings. The Morgan fingerprint density at radius 2 is 1.18 bits per heavy atom. The summed E-state index contributed by atoms with van der Waals surface area (Å²) >= 11 is 0. The van der Waals surface area contributed by atoms with Crippen molar-refractivity contribution in [2.45, 2.75) is 122 Å². The molecule has 0 heterocycles. The molecule has 222 valence electrons. The summed E-state index contributed by atoms with van der Waals surface area (Å²) in [5, 5.41) is 0. The van der Waals surface area contributed by atoms with Crippen molar-refractivity contribution >= 4 is 0 Å². The van der Waals surface area contributed by atoms with Gasteiger partial charge in [-0.3, -0.25) is 0 Å². The third-order valence-corrected chi connectivity index (χ3v) is 9.48. The van der Waals surface area contributed by atoms with Crippen LogP contribution in [0.15, 0.2) is 24.3 Å². The molecule has 1 nitrogen and oxygen atoms in total. The van der Waals surface area contributed by atoms with Gasteiger partial charge in [-0.05, 0) is 74.3 Å². The highest BCUT2D eigenvalue weighted by Crippen LogP contribution is 2.46. The minimum absolute atomic E-state index is 0.0203. The van der Waals surface area contributed by atoms with E-state index in [-0.39, 0.29) is 23.0 Å². The van der Waals surface area contributed by atoms with E-state index in [1.54, 1.807) is 0 Å². The molecule has 0 aliphatic heterocycles. The van der Waals surface area contributed by atoms with Gasteiger partial charge < -0.3 is 4.74 Å². The first-order chi connectivity index (χ1) is 19.4. The van der Waals surface area contributed by atoms with Gasteiger partial charge in [0.2, 0.25) is 0 Å². The number of ether oxygens (including phenoxy) is 1. The predicted molar refractivity (Wildman–Crippen MR) is 150 cm³/mol. The van der Waals surface area contributed by atoms with Crippen LogP contribution in [0.3, 0.4) is 0 Å². The fourth-order valence-corrected chi connectivity index (χ4v) is 7.12. The molecule has 0 radical (unpaired) electrons. The molecule has 0 N–H and O–H groups in total. The number of halogens is 5. The molecule has 2 aromatic carbocycles. The second kappa shape index (κ2) is 15.2. The van der Waals surface area contributed by atoms with Crippen LogP contribution >= 0.6 is 0 Å². The highest BCUT2D eigenvalue weighted by atomic mass is 19.2. The molecule has 0 unspecified atom stereocenters. The van der Waals surface area contributed by atoms with Crippen molar-refractivity contribution < 1.29 is 26.7 Å². The molecule has 0 aromatic heterocycles. The summed E-state index contributed by atoms with van der Waals surface area (Å²) in [6, 6.07) is 3.53. The Morgan fingerprint density at radius 1 is 0.625 bits per heavy atom. The van der Waals surface area contributed by atoms with Crippen LogP contribution in [0.5, 0.6) is 11.5 Å². The molecule has 4 rings (SSSR count). The van der Waals surface area contributed by atoms with Gasteiger partial charge in [0.25, 0.3) is 0 Å². The van der Waals surface area contributed by atoms with Gasteiger partial charge >= 0.3 is 0 Å². The maximum Gasteiger partial charge on any atom is 0.194 e. The van der Waals surface area contributed by atoms with Crippen molar-refractivity contribution in [3.8, 4) is 11.5 Å². The quantitative estimate of drug-likeness (QED) is 0.134. The summed E-state index contributed by atoms with van der Waals surface area (Å²) in [7, 11) is 0. The smallest absolute Gasteiger partial charge is 0.194 e. The zero-order valence-corrected chi connectivity index (χ0v) is 23.9. The fraction of sp³-hybridized carbons (Fsp3) is 0.647. The molecule has 6 heteroatoms. The van der Waals surface area contributed by atoms with Crippen LogP contribution in [-0.4, -0.2) is 0 Å². The molecule has 0 spiro atoms. The Balaban J connectivity index is 1.23. The lowest BCUT2D eigenvalue weighted by Crippen LogP contribution is -2.26. The number of rotatable bonds is 13. The Labute approximate surface area is 236 Å². The summed E-state index contributed by atoms with van der Waals surface area (Å²) in [6.45, 7) is 2.26. The van der Waals surface area contributed by atoms with Gasteiger partial charge in [0.15, 0.2) is 29.0 Å². The minimum atomic E-state index is -1.62. The number of hydrogen-bond acceptors (Lipinski definition) is 1. The largest absolute Gasteiger partial charge is 0.454 e. The molecule has 40 heavy (non-hydrogen) atoms. The van der Waals surface area contributed by atoms with Crippen LogP contribution in [0, 0.1) is 46.8 Å². The first-order valence-corrected chi connectivity index (χ1v) is 15.7. The van der Waals surface area contributed by atoms with Gasteiger partial charge in [0.05, 0.1) is 0 Å². The van der Waals surface area contributed by atoms with E-state index in [2.05, 4.69) is 6.92 Å². The first-order valence-electron chi connectivity index (χ1n) is 15.7. The predicted octanol–water partition coefficient (Wildman–Crippen LogP) is 11.8. The van der Waals surface area contributed by atoms with Crippen molar-refractivity contribution in [3.05, 3.63) is 58.9 Å².